The lowest BCUT2D eigenvalue weighted by atomic mass is 10.1. The van der Waals surface area contributed by atoms with E-state index in [1.54, 1.807) is 19.1 Å². The Hall–Kier alpha value is -4.02. The van der Waals surface area contributed by atoms with Crippen molar-refractivity contribution < 1.29 is 19.1 Å². The minimum Gasteiger partial charge on any atom is -0.379 e. The van der Waals surface area contributed by atoms with Crippen molar-refractivity contribution in [3.8, 4) is 11.4 Å². The molecule has 2 N–H and O–H groups in total. The number of hydrogen-bond acceptors (Lipinski definition) is 8. The molecule has 1 heterocycles. The van der Waals surface area contributed by atoms with Gasteiger partial charge in [0.2, 0.25) is 11.7 Å². The molecule has 0 spiro atoms. The highest BCUT2D eigenvalue weighted by atomic mass is 16.5. The lowest BCUT2D eigenvalue weighted by molar-refractivity contribution is -0.122. The second-order valence-electron chi connectivity index (χ2n) is 8.16. The molecule has 10 heteroatoms. The largest absolute Gasteiger partial charge is 0.379 e. The van der Waals surface area contributed by atoms with Crippen LogP contribution in [-0.2, 0) is 27.2 Å². The van der Waals surface area contributed by atoms with E-state index in [1.807, 2.05) is 42.5 Å². The van der Waals surface area contributed by atoms with Crippen LogP contribution in [-0.4, -0.2) is 65.2 Å². The maximum atomic E-state index is 12.1. The second-order valence-corrected chi connectivity index (χ2v) is 8.16. The molecule has 0 saturated heterocycles. The number of benzene rings is 2. The standard InChI is InChI=1S/C27H32N6O4/c1-3-4-21-5-11-24(12-6-21)27(35)28-14-16-37-18-17-36-15-13-25(34)29-19-22-7-9-23(10-8-22)26-32-30-20(2)31-33-26/h3,5-12H,1,4,13-19H2,2H3,(H,28,35)(H,29,34). The molecule has 2 amide bonds. The third kappa shape index (κ3) is 9.86. The summed E-state index contributed by atoms with van der Waals surface area (Å²) in [7, 11) is 0. The van der Waals surface area contributed by atoms with Crippen LogP contribution in [0.1, 0.15) is 33.7 Å². The molecule has 3 aromatic rings. The molecule has 0 bridgehead atoms. The van der Waals surface area contributed by atoms with E-state index in [1.165, 1.54) is 0 Å². The SMILES string of the molecule is C=CCc1ccc(C(=O)NCCOCCOCCC(=O)NCc2ccc(-c3nnc(C)nn3)cc2)cc1. The van der Waals surface area contributed by atoms with Crippen molar-refractivity contribution in [3.05, 3.63) is 83.7 Å². The van der Waals surface area contributed by atoms with E-state index in [2.05, 4.69) is 37.6 Å². The monoisotopic (exact) mass is 504 g/mol. The highest BCUT2D eigenvalue weighted by molar-refractivity contribution is 5.94. The van der Waals surface area contributed by atoms with Crippen LogP contribution in [0.25, 0.3) is 11.4 Å². The van der Waals surface area contributed by atoms with E-state index >= 15 is 0 Å². The molecule has 0 fully saturated rings. The van der Waals surface area contributed by atoms with Crippen molar-refractivity contribution in [2.45, 2.75) is 26.3 Å². The minimum atomic E-state index is -0.137. The summed E-state index contributed by atoms with van der Waals surface area (Å²) < 4.78 is 10.9. The quantitative estimate of drug-likeness (QED) is 0.239. The van der Waals surface area contributed by atoms with Crippen molar-refractivity contribution in [1.29, 1.82) is 0 Å². The molecule has 0 unspecified atom stereocenters. The van der Waals surface area contributed by atoms with E-state index in [9.17, 15) is 9.59 Å². The summed E-state index contributed by atoms with van der Waals surface area (Å²) in [5, 5.41) is 21.5. The number of aryl methyl sites for hydroxylation is 1. The molecule has 2 aromatic carbocycles. The maximum Gasteiger partial charge on any atom is 0.251 e. The van der Waals surface area contributed by atoms with Gasteiger partial charge >= 0.3 is 0 Å². The molecular formula is C27H32N6O4. The zero-order valence-corrected chi connectivity index (χ0v) is 21.0. The van der Waals surface area contributed by atoms with Crippen LogP contribution in [0.4, 0.5) is 0 Å². The second kappa shape index (κ2) is 15.2. The third-order valence-electron chi connectivity index (χ3n) is 5.25. The first-order valence-corrected chi connectivity index (χ1v) is 12.1. The fourth-order valence-corrected chi connectivity index (χ4v) is 3.24. The highest BCUT2D eigenvalue weighted by Gasteiger charge is 2.06. The Bertz CT molecular complexity index is 1140. The van der Waals surface area contributed by atoms with Gasteiger partial charge in [-0.05, 0) is 36.6 Å². The Morgan fingerprint density at radius 2 is 1.49 bits per heavy atom. The van der Waals surface area contributed by atoms with Gasteiger partial charge in [0.15, 0.2) is 5.82 Å². The van der Waals surface area contributed by atoms with E-state index in [4.69, 9.17) is 9.47 Å². The third-order valence-corrected chi connectivity index (χ3v) is 5.25. The Morgan fingerprint density at radius 3 is 2.16 bits per heavy atom. The predicted octanol–water partition coefficient (Wildman–Crippen LogP) is 2.44. The number of nitrogens with one attached hydrogen (secondary N) is 2. The highest BCUT2D eigenvalue weighted by Crippen LogP contribution is 2.14. The van der Waals surface area contributed by atoms with Crippen molar-refractivity contribution >= 4 is 11.8 Å². The first-order chi connectivity index (χ1) is 18.0. The Morgan fingerprint density at radius 1 is 0.838 bits per heavy atom. The molecule has 0 aliphatic carbocycles. The van der Waals surface area contributed by atoms with Gasteiger partial charge in [0.1, 0.15) is 0 Å². The summed E-state index contributed by atoms with van der Waals surface area (Å²) in [6.45, 7) is 7.70. The summed E-state index contributed by atoms with van der Waals surface area (Å²) in [4.78, 5) is 24.2. The van der Waals surface area contributed by atoms with Gasteiger partial charge < -0.3 is 20.1 Å². The van der Waals surface area contributed by atoms with Crippen LogP contribution in [0.3, 0.4) is 0 Å². The molecule has 0 atom stereocenters. The van der Waals surface area contributed by atoms with E-state index in [0.29, 0.717) is 56.7 Å². The summed E-state index contributed by atoms with van der Waals surface area (Å²) in [6.07, 6.45) is 2.86. The van der Waals surface area contributed by atoms with E-state index in [-0.39, 0.29) is 18.2 Å². The molecule has 194 valence electrons. The van der Waals surface area contributed by atoms with Gasteiger partial charge in [-0.2, -0.15) is 0 Å². The van der Waals surface area contributed by atoms with Crippen molar-refractivity contribution in [2.75, 3.05) is 33.0 Å². The van der Waals surface area contributed by atoms with Crippen LogP contribution < -0.4 is 10.6 Å². The molecule has 0 aliphatic rings. The van der Waals surface area contributed by atoms with Crippen molar-refractivity contribution in [1.82, 2.24) is 31.0 Å². The zero-order valence-electron chi connectivity index (χ0n) is 21.0. The van der Waals surface area contributed by atoms with Gasteiger partial charge in [0.25, 0.3) is 5.91 Å². The first kappa shape index (κ1) is 27.6. The predicted molar refractivity (Wildman–Crippen MR) is 139 cm³/mol. The number of hydrogen-bond donors (Lipinski definition) is 2. The van der Waals surface area contributed by atoms with Gasteiger partial charge in [0, 0.05) is 30.6 Å². The average Bonchev–Trinajstić information content (AvgIpc) is 2.92. The number of ether oxygens (including phenoxy) is 2. The molecule has 0 saturated carbocycles. The minimum absolute atomic E-state index is 0.0968. The molecule has 10 nitrogen and oxygen atoms in total. The molecular weight excluding hydrogens is 472 g/mol. The van der Waals surface area contributed by atoms with Gasteiger partial charge in [-0.25, -0.2) is 0 Å². The van der Waals surface area contributed by atoms with Crippen LogP contribution in [0.2, 0.25) is 0 Å². The fraction of sp³-hybridized carbons (Fsp3) is 0.333. The van der Waals surface area contributed by atoms with Crippen LogP contribution in [0, 0.1) is 6.92 Å². The fourth-order valence-electron chi connectivity index (χ4n) is 3.24. The number of rotatable bonds is 15. The molecule has 3 rings (SSSR count). The lowest BCUT2D eigenvalue weighted by Crippen LogP contribution is -2.27. The summed E-state index contributed by atoms with van der Waals surface area (Å²) >= 11 is 0. The van der Waals surface area contributed by atoms with Crippen LogP contribution in [0.15, 0.2) is 61.2 Å². The summed E-state index contributed by atoms with van der Waals surface area (Å²) in [5.74, 6) is 0.738. The van der Waals surface area contributed by atoms with Crippen LogP contribution >= 0.6 is 0 Å². The Balaban J connectivity index is 1.19. The van der Waals surface area contributed by atoms with Gasteiger partial charge in [0.05, 0.1) is 26.4 Å². The number of allylic oxidation sites excluding steroid dienone is 1. The number of nitrogens with zero attached hydrogens (tertiary/aromatic N) is 4. The number of carbonyl (C=O) groups is 2. The summed E-state index contributed by atoms with van der Waals surface area (Å²) in [5.41, 5.74) is 3.49. The molecule has 1 aromatic heterocycles. The van der Waals surface area contributed by atoms with Gasteiger partial charge in [-0.15, -0.1) is 27.0 Å². The van der Waals surface area contributed by atoms with Crippen molar-refractivity contribution in [2.24, 2.45) is 0 Å². The topological polar surface area (TPSA) is 128 Å². The van der Waals surface area contributed by atoms with Gasteiger partial charge in [-0.3, -0.25) is 9.59 Å². The van der Waals surface area contributed by atoms with Gasteiger partial charge in [-0.1, -0.05) is 42.5 Å². The van der Waals surface area contributed by atoms with E-state index in [0.717, 1.165) is 23.1 Å². The average molecular weight is 505 g/mol. The van der Waals surface area contributed by atoms with Crippen molar-refractivity contribution in [3.63, 3.8) is 0 Å². The smallest absolute Gasteiger partial charge is 0.251 e. The molecule has 0 aliphatic heterocycles. The zero-order chi connectivity index (χ0) is 26.3. The number of aromatic nitrogens is 4. The Kier molecular flexibility index (Phi) is 11.3. The lowest BCUT2D eigenvalue weighted by Gasteiger charge is -2.08. The molecule has 0 radical (unpaired) electrons. The van der Waals surface area contributed by atoms with Crippen LogP contribution in [0.5, 0.6) is 0 Å². The number of carbonyl (C=O) groups excluding carboxylic acids is 2. The van der Waals surface area contributed by atoms with E-state index < -0.39 is 0 Å². The molecule has 37 heavy (non-hydrogen) atoms. The normalized spacial score (nSPS) is 10.6. The summed E-state index contributed by atoms with van der Waals surface area (Å²) in [6, 6.07) is 15.0. The first-order valence-electron chi connectivity index (χ1n) is 12.1. The maximum absolute atomic E-state index is 12.1. The number of amides is 2. The Labute approximate surface area is 216 Å².